The van der Waals surface area contributed by atoms with Gasteiger partial charge < -0.3 is 15.1 Å². The number of hydrogen-bond donors (Lipinski definition) is 1. The summed E-state index contributed by atoms with van der Waals surface area (Å²) in [6.07, 6.45) is 3.62. The number of urea groups is 1. The highest BCUT2D eigenvalue weighted by Gasteiger charge is 2.27. The third-order valence-electron chi connectivity index (χ3n) is 5.67. The number of carbonyl (C=O) groups is 1. The van der Waals surface area contributed by atoms with Gasteiger partial charge in [0.25, 0.3) is 0 Å². The van der Waals surface area contributed by atoms with Crippen LogP contribution in [0, 0.1) is 24.7 Å². The Bertz CT molecular complexity index is 553. The number of anilines is 1. The minimum absolute atomic E-state index is 0.0440. The number of nitrogens with one attached hydrogen (secondary N) is 1. The van der Waals surface area contributed by atoms with Gasteiger partial charge in [-0.05, 0) is 56.1 Å². The Labute approximate surface area is 152 Å². The molecule has 0 aromatic heterocycles. The van der Waals surface area contributed by atoms with Gasteiger partial charge in [0.1, 0.15) is 0 Å². The van der Waals surface area contributed by atoms with Crippen molar-refractivity contribution in [3.8, 4) is 0 Å². The molecule has 3 rings (SSSR count). The first kappa shape index (κ1) is 18.2. The summed E-state index contributed by atoms with van der Waals surface area (Å²) in [5, 5.41) is 3.02. The molecule has 2 aliphatic heterocycles. The fraction of sp³-hybridized carbons (Fsp3) is 0.667. The molecule has 25 heavy (non-hydrogen) atoms. The maximum absolute atomic E-state index is 12.4. The molecule has 2 saturated heterocycles. The first-order chi connectivity index (χ1) is 12.0. The Morgan fingerprint density at radius 1 is 1.08 bits per heavy atom. The number of nitrogens with zero attached hydrogens (tertiary/aromatic N) is 2. The van der Waals surface area contributed by atoms with Gasteiger partial charge in [-0.1, -0.05) is 31.5 Å². The van der Waals surface area contributed by atoms with Crippen LogP contribution in [0.3, 0.4) is 0 Å². The largest absolute Gasteiger partial charge is 0.325 e. The van der Waals surface area contributed by atoms with Crippen molar-refractivity contribution in [3.05, 3.63) is 29.8 Å². The number of hydrogen-bond acceptors (Lipinski definition) is 2. The molecule has 2 aliphatic rings. The molecule has 0 radical (unpaired) electrons. The smallest absolute Gasteiger partial charge is 0.321 e. The second kappa shape index (κ2) is 8.22. The van der Waals surface area contributed by atoms with E-state index in [4.69, 9.17) is 0 Å². The van der Waals surface area contributed by atoms with E-state index < -0.39 is 0 Å². The zero-order valence-corrected chi connectivity index (χ0v) is 16.0. The average Bonchev–Trinajstić information content (AvgIpc) is 2.56. The summed E-state index contributed by atoms with van der Waals surface area (Å²) in [5.41, 5.74) is 2.09. The predicted octanol–water partition coefficient (Wildman–Crippen LogP) is 4.22. The third kappa shape index (κ3) is 5.21. The van der Waals surface area contributed by atoms with E-state index in [9.17, 15) is 4.79 Å². The van der Waals surface area contributed by atoms with E-state index >= 15 is 0 Å². The van der Waals surface area contributed by atoms with Gasteiger partial charge in [0, 0.05) is 38.4 Å². The molecule has 4 nitrogen and oxygen atoms in total. The van der Waals surface area contributed by atoms with Crippen LogP contribution in [0.15, 0.2) is 24.3 Å². The van der Waals surface area contributed by atoms with E-state index in [2.05, 4.69) is 31.0 Å². The van der Waals surface area contributed by atoms with Gasteiger partial charge in [-0.2, -0.15) is 0 Å². The molecule has 2 heterocycles. The number of amides is 2. The topological polar surface area (TPSA) is 35.6 Å². The van der Waals surface area contributed by atoms with Crippen molar-refractivity contribution in [2.24, 2.45) is 17.8 Å². The van der Waals surface area contributed by atoms with Gasteiger partial charge in [-0.3, -0.25) is 0 Å². The van der Waals surface area contributed by atoms with Crippen LogP contribution >= 0.6 is 0 Å². The predicted molar refractivity (Wildman–Crippen MR) is 104 cm³/mol. The summed E-state index contributed by atoms with van der Waals surface area (Å²) >= 11 is 0. The highest BCUT2D eigenvalue weighted by molar-refractivity contribution is 5.89. The van der Waals surface area contributed by atoms with Gasteiger partial charge in [0.2, 0.25) is 0 Å². The van der Waals surface area contributed by atoms with Crippen LogP contribution in [-0.4, -0.2) is 48.6 Å². The normalized spacial score (nSPS) is 25.8. The third-order valence-corrected chi connectivity index (χ3v) is 5.67. The van der Waals surface area contributed by atoms with Crippen molar-refractivity contribution in [1.29, 1.82) is 0 Å². The number of rotatable bonds is 3. The Morgan fingerprint density at radius 2 is 1.68 bits per heavy atom. The van der Waals surface area contributed by atoms with E-state index in [0.717, 1.165) is 49.4 Å². The van der Waals surface area contributed by atoms with E-state index in [1.165, 1.54) is 31.6 Å². The maximum atomic E-state index is 12.4. The van der Waals surface area contributed by atoms with E-state index in [0.29, 0.717) is 0 Å². The lowest BCUT2D eigenvalue weighted by molar-refractivity contribution is 0.101. The SMILES string of the molecule is Cc1ccc(NC(=O)N2CCC(CN3CC(C)CC(C)C3)CC2)cc1. The molecule has 0 bridgehead atoms. The molecule has 0 spiro atoms. The molecular formula is C21H33N3O. The Hall–Kier alpha value is -1.55. The van der Waals surface area contributed by atoms with Crippen LogP contribution in [-0.2, 0) is 0 Å². The molecular weight excluding hydrogens is 310 g/mol. The van der Waals surface area contributed by atoms with Gasteiger partial charge in [0.05, 0.1) is 0 Å². The van der Waals surface area contributed by atoms with Crippen LogP contribution in [0.4, 0.5) is 10.5 Å². The number of aryl methyl sites for hydroxylation is 1. The van der Waals surface area contributed by atoms with Crippen LogP contribution in [0.5, 0.6) is 0 Å². The highest BCUT2D eigenvalue weighted by atomic mass is 16.2. The maximum Gasteiger partial charge on any atom is 0.321 e. The van der Waals surface area contributed by atoms with Crippen molar-refractivity contribution < 1.29 is 4.79 Å². The number of piperidine rings is 2. The molecule has 1 N–H and O–H groups in total. The second-order valence-electron chi connectivity index (χ2n) is 8.39. The van der Waals surface area contributed by atoms with Gasteiger partial charge in [-0.15, -0.1) is 0 Å². The summed E-state index contributed by atoms with van der Waals surface area (Å²) in [6, 6.07) is 8.05. The first-order valence-corrected chi connectivity index (χ1v) is 9.84. The lowest BCUT2D eigenvalue weighted by Gasteiger charge is -2.39. The van der Waals surface area contributed by atoms with Gasteiger partial charge in [0.15, 0.2) is 0 Å². The van der Waals surface area contributed by atoms with Crippen molar-refractivity contribution in [2.45, 2.75) is 40.0 Å². The van der Waals surface area contributed by atoms with Crippen molar-refractivity contribution >= 4 is 11.7 Å². The number of carbonyl (C=O) groups excluding carboxylic acids is 1. The Kier molecular flexibility index (Phi) is 6.00. The summed E-state index contributed by atoms with van der Waals surface area (Å²) < 4.78 is 0. The molecule has 2 fully saturated rings. The highest BCUT2D eigenvalue weighted by Crippen LogP contribution is 2.25. The van der Waals surface area contributed by atoms with Gasteiger partial charge in [-0.25, -0.2) is 4.79 Å². The molecule has 1 aromatic rings. The first-order valence-electron chi connectivity index (χ1n) is 9.84. The lowest BCUT2D eigenvalue weighted by atomic mass is 9.89. The Balaban J connectivity index is 1.43. The average molecular weight is 344 g/mol. The minimum atomic E-state index is 0.0440. The lowest BCUT2D eigenvalue weighted by Crippen LogP contribution is -2.46. The van der Waals surface area contributed by atoms with Crippen molar-refractivity contribution in [2.75, 3.05) is 38.0 Å². The zero-order valence-electron chi connectivity index (χ0n) is 16.0. The van der Waals surface area contributed by atoms with Crippen LogP contribution in [0.25, 0.3) is 0 Å². The van der Waals surface area contributed by atoms with Gasteiger partial charge >= 0.3 is 6.03 Å². The fourth-order valence-corrected chi connectivity index (χ4v) is 4.46. The monoisotopic (exact) mass is 343 g/mol. The van der Waals surface area contributed by atoms with Crippen molar-refractivity contribution in [3.63, 3.8) is 0 Å². The minimum Gasteiger partial charge on any atom is -0.325 e. The number of likely N-dealkylation sites (tertiary alicyclic amines) is 2. The quantitative estimate of drug-likeness (QED) is 0.892. The zero-order chi connectivity index (χ0) is 17.8. The summed E-state index contributed by atoms with van der Waals surface area (Å²) in [5.74, 6) is 2.38. The number of benzene rings is 1. The molecule has 0 saturated carbocycles. The molecule has 2 amide bonds. The van der Waals surface area contributed by atoms with E-state index in [1.54, 1.807) is 0 Å². The van der Waals surface area contributed by atoms with Crippen LogP contribution < -0.4 is 5.32 Å². The summed E-state index contributed by atoms with van der Waals surface area (Å²) in [6.45, 7) is 12.3. The van der Waals surface area contributed by atoms with Crippen LogP contribution in [0.2, 0.25) is 0 Å². The molecule has 4 heteroatoms. The summed E-state index contributed by atoms with van der Waals surface area (Å²) in [4.78, 5) is 17.1. The molecule has 2 unspecified atom stereocenters. The molecule has 2 atom stereocenters. The van der Waals surface area contributed by atoms with Crippen LogP contribution in [0.1, 0.15) is 38.7 Å². The second-order valence-corrected chi connectivity index (χ2v) is 8.39. The molecule has 138 valence electrons. The molecule has 1 aromatic carbocycles. The van der Waals surface area contributed by atoms with Crippen molar-refractivity contribution in [1.82, 2.24) is 9.80 Å². The summed E-state index contributed by atoms with van der Waals surface area (Å²) in [7, 11) is 0. The fourth-order valence-electron chi connectivity index (χ4n) is 4.46. The standard InChI is InChI=1S/C21H33N3O/c1-16-4-6-20(7-5-16)22-21(25)24-10-8-19(9-11-24)15-23-13-17(2)12-18(3)14-23/h4-7,17-19H,8-15H2,1-3H3,(H,22,25). The Morgan fingerprint density at radius 3 is 2.28 bits per heavy atom. The van der Waals surface area contributed by atoms with E-state index in [-0.39, 0.29) is 6.03 Å². The molecule has 0 aliphatic carbocycles. The van der Waals surface area contributed by atoms with E-state index in [1.807, 2.05) is 29.2 Å².